The predicted octanol–water partition coefficient (Wildman–Crippen LogP) is 2.70. The van der Waals surface area contributed by atoms with Crippen molar-refractivity contribution in [2.45, 2.75) is 52.0 Å². The van der Waals surface area contributed by atoms with Crippen molar-refractivity contribution in [3.05, 3.63) is 63.4 Å². The molecular formula is C25H33N2O9P. The molecule has 1 aliphatic carbocycles. The van der Waals surface area contributed by atoms with Crippen molar-refractivity contribution in [1.82, 2.24) is 9.55 Å². The predicted molar refractivity (Wildman–Crippen MR) is 133 cm³/mol. The number of carbonyl (C=O) groups excluding carboxylic acids is 1. The van der Waals surface area contributed by atoms with Gasteiger partial charge in [-0.3, -0.25) is 23.7 Å². The molecule has 5 atom stereocenters. The third-order valence-corrected chi connectivity index (χ3v) is 8.58. The maximum Gasteiger partial charge on any atom is 0.380 e. The van der Waals surface area contributed by atoms with Crippen LogP contribution < -0.4 is 15.8 Å². The fraction of sp³-hybridized carbons (Fsp3) is 0.560. The maximum absolute atomic E-state index is 13.8. The highest BCUT2D eigenvalue weighted by Crippen LogP contribution is 2.62. The quantitative estimate of drug-likeness (QED) is 0.327. The molecule has 4 rings (SSSR count). The molecule has 1 spiro atoms. The summed E-state index contributed by atoms with van der Waals surface area (Å²) in [5.41, 5.74) is -1.90. The van der Waals surface area contributed by atoms with E-state index in [0.29, 0.717) is 18.6 Å². The Hall–Kier alpha value is -2.72. The molecule has 2 fully saturated rings. The summed E-state index contributed by atoms with van der Waals surface area (Å²) in [5.74, 6) is -0.832. The first-order chi connectivity index (χ1) is 17.5. The lowest BCUT2D eigenvalue weighted by molar-refractivity contribution is -0.148. The second-order valence-electron chi connectivity index (χ2n) is 10.1. The molecule has 2 N–H and O–H groups in total. The number of ether oxygens (including phenoxy) is 2. The number of aromatic nitrogens is 2. The number of aliphatic hydroxyl groups excluding tert-OH is 1. The van der Waals surface area contributed by atoms with Gasteiger partial charge in [-0.15, -0.1) is 0 Å². The van der Waals surface area contributed by atoms with E-state index >= 15 is 0 Å². The number of hydrogen-bond acceptors (Lipinski definition) is 9. The van der Waals surface area contributed by atoms with E-state index in [1.165, 1.54) is 16.8 Å². The van der Waals surface area contributed by atoms with E-state index in [2.05, 4.69) is 4.98 Å². The van der Waals surface area contributed by atoms with Crippen molar-refractivity contribution >= 4 is 13.6 Å². The van der Waals surface area contributed by atoms with Gasteiger partial charge in [-0.1, -0.05) is 39.0 Å². The molecule has 2 aromatic rings. The number of H-pyrrole nitrogens is 1. The number of aliphatic hydroxyl groups is 1. The highest BCUT2D eigenvalue weighted by atomic mass is 31.2. The Labute approximate surface area is 214 Å². The Balaban J connectivity index is 1.49. The first kappa shape index (κ1) is 27.3. The molecular weight excluding hydrogens is 503 g/mol. The van der Waals surface area contributed by atoms with Gasteiger partial charge in [-0.05, 0) is 30.9 Å². The Morgan fingerprint density at radius 1 is 1.22 bits per heavy atom. The molecule has 0 bridgehead atoms. The number of hydrogen-bond donors (Lipinski definition) is 2. The molecule has 1 aromatic carbocycles. The van der Waals surface area contributed by atoms with E-state index in [1.54, 1.807) is 37.3 Å². The number of benzene rings is 1. The maximum atomic E-state index is 13.8. The van der Waals surface area contributed by atoms with Crippen LogP contribution in [-0.2, 0) is 23.4 Å². The largest absolute Gasteiger partial charge is 0.465 e. The number of para-hydroxylation sites is 1. The van der Waals surface area contributed by atoms with Crippen LogP contribution in [0.1, 0.15) is 39.8 Å². The van der Waals surface area contributed by atoms with Gasteiger partial charge < -0.3 is 19.1 Å². The Kier molecular flexibility index (Phi) is 8.08. The number of nitrogens with zero attached hydrogens (tertiary/aromatic N) is 1. The first-order valence-electron chi connectivity index (χ1n) is 12.3. The fourth-order valence-corrected chi connectivity index (χ4v) is 6.28. The molecule has 37 heavy (non-hydrogen) atoms. The van der Waals surface area contributed by atoms with E-state index in [-0.39, 0.29) is 25.3 Å². The van der Waals surface area contributed by atoms with E-state index in [0.717, 1.165) is 0 Å². The van der Waals surface area contributed by atoms with Gasteiger partial charge in [0.15, 0.2) is 0 Å². The summed E-state index contributed by atoms with van der Waals surface area (Å²) in [7, 11) is -3.91. The Bertz CT molecular complexity index is 1250. The van der Waals surface area contributed by atoms with Crippen LogP contribution in [-0.4, -0.2) is 52.2 Å². The molecule has 1 aliphatic heterocycles. The number of rotatable bonds is 11. The summed E-state index contributed by atoms with van der Waals surface area (Å²) >= 11 is 0. The van der Waals surface area contributed by atoms with Gasteiger partial charge in [0, 0.05) is 17.7 Å². The molecule has 1 saturated carbocycles. The van der Waals surface area contributed by atoms with Crippen LogP contribution in [0.15, 0.2) is 52.2 Å². The smallest absolute Gasteiger partial charge is 0.380 e. The van der Waals surface area contributed by atoms with Crippen LogP contribution in [0.3, 0.4) is 0 Å². The number of carbonyl (C=O) groups is 1. The minimum Gasteiger partial charge on any atom is -0.465 e. The lowest BCUT2D eigenvalue weighted by atomic mass is 9.96. The minimum absolute atomic E-state index is 0.151. The molecule has 1 unspecified atom stereocenters. The molecule has 0 radical (unpaired) electrons. The third kappa shape index (κ3) is 6.23. The van der Waals surface area contributed by atoms with E-state index < -0.39 is 54.6 Å². The van der Waals surface area contributed by atoms with Crippen molar-refractivity contribution in [1.29, 1.82) is 0 Å². The minimum atomic E-state index is -3.91. The first-order valence-corrected chi connectivity index (χ1v) is 14.1. The molecule has 202 valence electrons. The van der Waals surface area contributed by atoms with Crippen LogP contribution in [0.4, 0.5) is 0 Å². The highest BCUT2D eigenvalue weighted by molar-refractivity contribution is 7.54. The summed E-state index contributed by atoms with van der Waals surface area (Å²) in [5, 5.41) is 11.0. The molecule has 2 heterocycles. The van der Waals surface area contributed by atoms with Gasteiger partial charge in [-0.25, -0.2) is 9.36 Å². The van der Waals surface area contributed by atoms with Crippen molar-refractivity contribution in [2.24, 2.45) is 17.3 Å². The van der Waals surface area contributed by atoms with Crippen molar-refractivity contribution in [2.75, 3.05) is 19.4 Å². The lowest BCUT2D eigenvalue weighted by Crippen LogP contribution is -2.35. The van der Waals surface area contributed by atoms with E-state index in [4.69, 9.17) is 18.5 Å². The summed E-state index contributed by atoms with van der Waals surface area (Å²) in [4.78, 5) is 38.5. The highest BCUT2D eigenvalue weighted by Gasteiger charge is 2.64. The SMILES string of the molecule is CC(C)COC(=O)[C@H](C)CP(=O)(OC[C@H]1O[C@@H](n2ccc(=O)[nH]c2=O)C2(CC2)[C@@H]1O)Oc1ccccc1. The van der Waals surface area contributed by atoms with E-state index in [9.17, 15) is 24.1 Å². The lowest BCUT2D eigenvalue weighted by Gasteiger charge is -2.24. The second-order valence-corrected chi connectivity index (χ2v) is 12.2. The van der Waals surface area contributed by atoms with E-state index in [1.807, 2.05) is 13.8 Å². The number of nitrogens with one attached hydrogen (secondary N) is 1. The summed E-state index contributed by atoms with van der Waals surface area (Å²) in [6.45, 7) is 5.36. The monoisotopic (exact) mass is 536 g/mol. The van der Waals surface area contributed by atoms with Crippen LogP contribution in [0, 0.1) is 17.3 Å². The second kappa shape index (κ2) is 10.9. The van der Waals surface area contributed by atoms with Gasteiger partial charge in [0.2, 0.25) is 0 Å². The number of esters is 1. The summed E-state index contributed by atoms with van der Waals surface area (Å²) in [6, 6.07) is 9.66. The topological polar surface area (TPSA) is 146 Å². The zero-order valence-corrected chi connectivity index (χ0v) is 22.0. The Morgan fingerprint density at radius 3 is 2.54 bits per heavy atom. The van der Waals surface area contributed by atoms with Gasteiger partial charge in [0.05, 0.1) is 31.4 Å². The van der Waals surface area contributed by atoms with Crippen molar-refractivity contribution in [3.8, 4) is 5.75 Å². The normalized spacial score (nSPS) is 24.5. The summed E-state index contributed by atoms with van der Waals surface area (Å²) < 4.78 is 37.9. The molecule has 1 aromatic heterocycles. The van der Waals surface area contributed by atoms with Gasteiger partial charge in [0.1, 0.15) is 18.1 Å². The molecule has 12 heteroatoms. The molecule has 2 aliphatic rings. The van der Waals surface area contributed by atoms with Gasteiger partial charge in [0.25, 0.3) is 5.56 Å². The van der Waals surface area contributed by atoms with Crippen LogP contribution >= 0.6 is 7.60 Å². The van der Waals surface area contributed by atoms with Crippen LogP contribution in [0.2, 0.25) is 0 Å². The summed E-state index contributed by atoms with van der Waals surface area (Å²) in [6.07, 6.45) is -0.432. The Morgan fingerprint density at radius 2 is 1.92 bits per heavy atom. The molecule has 0 amide bonds. The molecule has 1 saturated heterocycles. The van der Waals surface area contributed by atoms with Crippen molar-refractivity contribution < 1.29 is 33.0 Å². The van der Waals surface area contributed by atoms with Crippen LogP contribution in [0.5, 0.6) is 5.75 Å². The van der Waals surface area contributed by atoms with Gasteiger partial charge >= 0.3 is 19.3 Å². The third-order valence-electron chi connectivity index (χ3n) is 6.55. The van der Waals surface area contributed by atoms with Crippen molar-refractivity contribution in [3.63, 3.8) is 0 Å². The van der Waals surface area contributed by atoms with Gasteiger partial charge in [-0.2, -0.15) is 0 Å². The number of aromatic amines is 1. The standard InChI is InChI=1S/C25H33N2O9P/c1-16(2)13-33-22(30)17(3)15-37(32,36-18-7-5-4-6-8-18)34-14-19-21(29)25(10-11-25)23(35-19)27-12-9-20(28)26-24(27)31/h4-9,12,16-17,19,21,23,29H,10-11,13-15H2,1-3H3,(H,26,28,31)/t17-,19-,21-,23-,37?/m1/s1. The van der Waals surface area contributed by atoms with Crippen LogP contribution in [0.25, 0.3) is 0 Å². The zero-order valence-electron chi connectivity index (χ0n) is 21.1. The average molecular weight is 537 g/mol. The molecule has 11 nitrogen and oxygen atoms in total. The zero-order chi connectivity index (χ0) is 26.8. The fourth-order valence-electron chi connectivity index (χ4n) is 4.41. The average Bonchev–Trinajstić information content (AvgIpc) is 3.60.